The number of allylic oxidation sites excluding steroid dienone is 3. The van der Waals surface area contributed by atoms with Gasteiger partial charge in [-0.05, 0) is 12.5 Å². The van der Waals surface area contributed by atoms with Crippen molar-refractivity contribution in [3.63, 3.8) is 0 Å². The number of aliphatic hydroxyl groups excluding tert-OH is 2. The number of rotatable bonds is 5. The van der Waals surface area contributed by atoms with Gasteiger partial charge in [0.25, 0.3) is 0 Å². The molecule has 1 aromatic rings. The van der Waals surface area contributed by atoms with Crippen molar-refractivity contribution in [1.29, 1.82) is 0 Å². The molecule has 0 aromatic heterocycles. The largest absolute Gasteiger partial charge is 0.386 e. The van der Waals surface area contributed by atoms with Gasteiger partial charge in [-0.15, -0.1) is 0 Å². The summed E-state index contributed by atoms with van der Waals surface area (Å²) in [5, 5.41) is 19.2. The summed E-state index contributed by atoms with van der Waals surface area (Å²) in [6.45, 7) is 1.82. The van der Waals surface area contributed by atoms with E-state index in [-0.39, 0.29) is 0 Å². The number of benzene rings is 1. The van der Waals surface area contributed by atoms with Gasteiger partial charge in [0.1, 0.15) is 12.2 Å². The van der Waals surface area contributed by atoms with Gasteiger partial charge in [-0.25, -0.2) is 4.39 Å². The molecule has 0 aliphatic heterocycles. The normalized spacial score (nSPS) is 17.4. The lowest BCUT2D eigenvalue weighted by molar-refractivity contribution is 0.00918. The topological polar surface area (TPSA) is 40.5 Å². The molecule has 0 saturated carbocycles. The van der Waals surface area contributed by atoms with Crippen molar-refractivity contribution < 1.29 is 14.6 Å². The van der Waals surface area contributed by atoms with Crippen molar-refractivity contribution in [2.75, 3.05) is 0 Å². The van der Waals surface area contributed by atoms with Gasteiger partial charge in [0, 0.05) is 0 Å². The summed E-state index contributed by atoms with van der Waals surface area (Å²) in [4.78, 5) is 0. The lowest BCUT2D eigenvalue weighted by Crippen LogP contribution is -2.26. The molecule has 2 N–H and O–H groups in total. The Morgan fingerprint density at radius 3 is 2.35 bits per heavy atom. The Balaban J connectivity index is 2.66. The van der Waals surface area contributed by atoms with Gasteiger partial charge in [0.15, 0.2) is 6.17 Å². The number of aliphatic hydroxyl groups is 2. The molecule has 0 amide bonds. The fourth-order valence-electron chi connectivity index (χ4n) is 1.42. The average Bonchev–Trinajstić information content (AvgIpc) is 2.38. The van der Waals surface area contributed by atoms with Crippen molar-refractivity contribution in [3.05, 3.63) is 60.2 Å². The van der Waals surface area contributed by atoms with E-state index in [1.54, 1.807) is 48.6 Å². The highest BCUT2D eigenvalue weighted by Crippen LogP contribution is 2.21. The standard InChI is InChI=1S/C14H17FO2/c1-2-3-5-10-12(16)13(15)14(17)11-8-6-4-7-9-11/h2-10,12-14,16-17H,1H3/b3-2+,10-5+/t12-,13+,14+/m0/s1. The second-order valence-corrected chi connectivity index (χ2v) is 3.70. The third kappa shape index (κ3) is 4.13. The van der Waals surface area contributed by atoms with Gasteiger partial charge in [-0.2, -0.15) is 0 Å². The van der Waals surface area contributed by atoms with Crippen LogP contribution in [0.2, 0.25) is 0 Å². The molecule has 2 nitrogen and oxygen atoms in total. The molecule has 3 heteroatoms. The number of alkyl halides is 1. The maximum absolute atomic E-state index is 13.7. The summed E-state index contributed by atoms with van der Waals surface area (Å²) >= 11 is 0. The first-order valence-electron chi connectivity index (χ1n) is 5.51. The van der Waals surface area contributed by atoms with Crippen molar-refractivity contribution in [3.8, 4) is 0 Å². The number of halogens is 1. The zero-order chi connectivity index (χ0) is 12.7. The molecule has 0 radical (unpaired) electrons. The van der Waals surface area contributed by atoms with Crippen LogP contribution in [0.4, 0.5) is 4.39 Å². The Morgan fingerprint density at radius 2 is 1.76 bits per heavy atom. The molecule has 0 bridgehead atoms. The van der Waals surface area contributed by atoms with Crippen molar-refractivity contribution in [2.45, 2.75) is 25.3 Å². The molecule has 17 heavy (non-hydrogen) atoms. The average molecular weight is 236 g/mol. The van der Waals surface area contributed by atoms with Crippen molar-refractivity contribution >= 4 is 0 Å². The van der Waals surface area contributed by atoms with Gasteiger partial charge >= 0.3 is 0 Å². The summed E-state index contributed by atoms with van der Waals surface area (Å²) in [6.07, 6.45) is 1.95. The summed E-state index contributed by atoms with van der Waals surface area (Å²) in [7, 11) is 0. The van der Waals surface area contributed by atoms with Crippen molar-refractivity contribution in [1.82, 2.24) is 0 Å². The molecule has 0 saturated heterocycles. The van der Waals surface area contributed by atoms with Crippen LogP contribution < -0.4 is 0 Å². The summed E-state index contributed by atoms with van der Waals surface area (Å²) in [5.41, 5.74) is 0.457. The first kappa shape index (κ1) is 13.6. The first-order valence-corrected chi connectivity index (χ1v) is 5.51. The zero-order valence-electron chi connectivity index (χ0n) is 9.70. The maximum Gasteiger partial charge on any atom is 0.159 e. The second-order valence-electron chi connectivity index (χ2n) is 3.70. The quantitative estimate of drug-likeness (QED) is 0.771. The van der Waals surface area contributed by atoms with E-state index in [0.717, 1.165) is 0 Å². The van der Waals surface area contributed by atoms with Crippen LogP contribution in [0.25, 0.3) is 0 Å². The number of hydrogen-bond donors (Lipinski definition) is 2. The van der Waals surface area contributed by atoms with Gasteiger partial charge in [0.05, 0.1) is 0 Å². The number of hydrogen-bond acceptors (Lipinski definition) is 2. The van der Waals surface area contributed by atoms with E-state index in [9.17, 15) is 14.6 Å². The molecule has 0 aliphatic rings. The van der Waals surface area contributed by atoms with Crippen LogP contribution in [0, 0.1) is 0 Å². The Labute approximate surface area is 101 Å². The fourth-order valence-corrected chi connectivity index (χ4v) is 1.42. The van der Waals surface area contributed by atoms with Crippen LogP contribution in [0.5, 0.6) is 0 Å². The molecule has 0 unspecified atom stereocenters. The predicted molar refractivity (Wildman–Crippen MR) is 66.3 cm³/mol. The van der Waals surface area contributed by atoms with E-state index in [1.807, 2.05) is 6.92 Å². The highest BCUT2D eigenvalue weighted by Gasteiger charge is 2.25. The third-order valence-electron chi connectivity index (χ3n) is 2.38. The van der Waals surface area contributed by atoms with Crippen LogP contribution in [0.3, 0.4) is 0 Å². The van der Waals surface area contributed by atoms with Crippen LogP contribution >= 0.6 is 0 Å². The molecule has 0 aliphatic carbocycles. The van der Waals surface area contributed by atoms with Crippen LogP contribution in [-0.2, 0) is 0 Å². The molecular formula is C14H17FO2. The molecule has 1 rings (SSSR count). The maximum atomic E-state index is 13.7. The molecule has 0 fully saturated rings. The molecule has 1 aromatic carbocycles. The Hall–Kier alpha value is -1.45. The summed E-state index contributed by atoms with van der Waals surface area (Å²) in [6, 6.07) is 8.46. The van der Waals surface area contributed by atoms with Gasteiger partial charge in [-0.3, -0.25) is 0 Å². The highest BCUT2D eigenvalue weighted by atomic mass is 19.1. The third-order valence-corrected chi connectivity index (χ3v) is 2.38. The Bertz CT molecular complexity index is 373. The minimum Gasteiger partial charge on any atom is -0.386 e. The molecule has 92 valence electrons. The molecular weight excluding hydrogens is 219 g/mol. The molecule has 0 heterocycles. The summed E-state index contributed by atoms with van der Waals surface area (Å²) in [5.74, 6) is 0. The second kappa shape index (κ2) is 6.99. The monoisotopic (exact) mass is 236 g/mol. The van der Waals surface area contributed by atoms with Crippen LogP contribution in [0.1, 0.15) is 18.6 Å². The van der Waals surface area contributed by atoms with Gasteiger partial charge < -0.3 is 10.2 Å². The molecule has 3 atom stereocenters. The Morgan fingerprint density at radius 1 is 1.12 bits per heavy atom. The van der Waals surface area contributed by atoms with Crippen LogP contribution in [-0.4, -0.2) is 22.5 Å². The van der Waals surface area contributed by atoms with Gasteiger partial charge in [0.2, 0.25) is 0 Å². The van der Waals surface area contributed by atoms with Gasteiger partial charge in [-0.1, -0.05) is 54.6 Å². The molecule has 0 spiro atoms. The Kier molecular flexibility index (Phi) is 5.60. The predicted octanol–water partition coefficient (Wildman–Crippen LogP) is 2.55. The van der Waals surface area contributed by atoms with E-state index in [1.165, 1.54) is 6.08 Å². The smallest absolute Gasteiger partial charge is 0.159 e. The van der Waals surface area contributed by atoms with Crippen molar-refractivity contribution in [2.24, 2.45) is 0 Å². The zero-order valence-corrected chi connectivity index (χ0v) is 9.70. The fraction of sp³-hybridized carbons (Fsp3) is 0.286. The van der Waals surface area contributed by atoms with E-state index < -0.39 is 18.4 Å². The van der Waals surface area contributed by atoms with E-state index >= 15 is 0 Å². The highest BCUT2D eigenvalue weighted by molar-refractivity contribution is 5.19. The van der Waals surface area contributed by atoms with E-state index in [0.29, 0.717) is 5.56 Å². The lowest BCUT2D eigenvalue weighted by atomic mass is 10.0. The summed E-state index contributed by atoms with van der Waals surface area (Å²) < 4.78 is 13.7. The lowest BCUT2D eigenvalue weighted by Gasteiger charge is -2.18. The minimum absolute atomic E-state index is 0.457. The first-order chi connectivity index (χ1) is 8.16. The van der Waals surface area contributed by atoms with E-state index in [4.69, 9.17) is 0 Å². The van der Waals surface area contributed by atoms with E-state index in [2.05, 4.69) is 0 Å². The van der Waals surface area contributed by atoms with Crippen LogP contribution in [0.15, 0.2) is 54.6 Å². The SMILES string of the molecule is C/C=C/C=C/[C@H](O)[C@@H](F)[C@H](O)c1ccccc1. The minimum atomic E-state index is -1.74.